The number of hydrogen-bond acceptors (Lipinski definition) is 0. The van der Waals surface area contributed by atoms with Crippen molar-refractivity contribution in [2.45, 2.75) is 5.88 Å². The van der Waals surface area contributed by atoms with Crippen LogP contribution in [0.5, 0.6) is 0 Å². The first-order chi connectivity index (χ1) is 4.74. The molecule has 10 heavy (non-hydrogen) atoms. The number of benzene rings is 1. The Kier molecular flexibility index (Phi) is 2.44. The van der Waals surface area contributed by atoms with Crippen molar-refractivity contribution in [2.24, 2.45) is 0 Å². The van der Waals surface area contributed by atoms with E-state index in [1.54, 1.807) is 12.1 Å². The molecule has 0 atom stereocenters. The average molecular weight is 146 g/mol. The van der Waals surface area contributed by atoms with Crippen LogP contribution in [0.1, 0.15) is 5.56 Å². The molecule has 0 fully saturated rings. The minimum absolute atomic E-state index is 0.477. The standard InChI is InChI=1S/C7H5B2Cl/c8-6-2-1-5(4-10)3-7(6)9/h1-3H,4H2. The van der Waals surface area contributed by atoms with Gasteiger partial charge in [0, 0.05) is 5.88 Å². The Hall–Kier alpha value is -0.360. The molecule has 0 amide bonds. The van der Waals surface area contributed by atoms with Crippen LogP contribution in [-0.4, -0.2) is 15.7 Å². The number of halogens is 1. The van der Waals surface area contributed by atoms with Gasteiger partial charge in [-0.05, 0) is 5.56 Å². The lowest BCUT2D eigenvalue weighted by atomic mass is 9.80. The number of rotatable bonds is 1. The van der Waals surface area contributed by atoms with Crippen LogP contribution in [-0.2, 0) is 5.88 Å². The predicted molar refractivity (Wildman–Crippen MR) is 46.8 cm³/mol. The first-order valence-corrected chi connectivity index (χ1v) is 3.47. The first-order valence-electron chi connectivity index (χ1n) is 2.94. The molecule has 1 aromatic carbocycles. The lowest BCUT2D eigenvalue weighted by molar-refractivity contribution is 1.43. The van der Waals surface area contributed by atoms with E-state index in [4.69, 9.17) is 27.3 Å². The van der Waals surface area contributed by atoms with Crippen molar-refractivity contribution in [2.75, 3.05) is 0 Å². The molecule has 0 aliphatic carbocycles. The van der Waals surface area contributed by atoms with Crippen LogP contribution in [0.15, 0.2) is 18.2 Å². The molecule has 46 valence electrons. The molecule has 0 unspecified atom stereocenters. The second-order valence-electron chi connectivity index (χ2n) is 2.10. The highest BCUT2D eigenvalue weighted by Gasteiger charge is 1.92. The van der Waals surface area contributed by atoms with E-state index in [0.717, 1.165) is 5.56 Å². The van der Waals surface area contributed by atoms with E-state index in [1.165, 1.54) is 0 Å². The third-order valence-corrected chi connectivity index (χ3v) is 1.61. The summed E-state index contributed by atoms with van der Waals surface area (Å²) in [5, 5.41) is 0. The molecule has 1 aromatic rings. The van der Waals surface area contributed by atoms with Gasteiger partial charge in [-0.2, -0.15) is 0 Å². The Bertz CT molecular complexity index is 235. The molecule has 0 saturated carbocycles. The van der Waals surface area contributed by atoms with Crippen molar-refractivity contribution < 1.29 is 0 Å². The Morgan fingerprint density at radius 3 is 2.40 bits per heavy atom. The van der Waals surface area contributed by atoms with E-state index < -0.39 is 0 Å². The van der Waals surface area contributed by atoms with E-state index in [1.807, 2.05) is 6.07 Å². The van der Waals surface area contributed by atoms with Crippen molar-refractivity contribution in [3.63, 3.8) is 0 Å². The SMILES string of the molecule is [B]c1ccc(CCl)cc1[B]. The summed E-state index contributed by atoms with van der Waals surface area (Å²) < 4.78 is 0. The second-order valence-corrected chi connectivity index (χ2v) is 2.36. The minimum atomic E-state index is 0.477. The van der Waals surface area contributed by atoms with E-state index in [-0.39, 0.29) is 0 Å². The Morgan fingerprint density at radius 2 is 1.90 bits per heavy atom. The molecule has 3 heteroatoms. The lowest BCUT2D eigenvalue weighted by Gasteiger charge is -2.01. The fourth-order valence-electron chi connectivity index (χ4n) is 0.707. The zero-order chi connectivity index (χ0) is 7.56. The normalized spacial score (nSPS) is 9.70. The van der Waals surface area contributed by atoms with Crippen LogP contribution in [0, 0.1) is 0 Å². The second kappa shape index (κ2) is 3.16. The largest absolute Gasteiger partial charge is 0.122 e. The molecule has 0 saturated heterocycles. The van der Waals surface area contributed by atoms with Crippen molar-refractivity contribution >= 4 is 38.2 Å². The van der Waals surface area contributed by atoms with Gasteiger partial charge in [0.15, 0.2) is 0 Å². The average Bonchev–Trinajstić information content (AvgIpc) is 1.95. The summed E-state index contributed by atoms with van der Waals surface area (Å²) in [6.07, 6.45) is 0. The quantitative estimate of drug-likeness (QED) is 0.387. The van der Waals surface area contributed by atoms with Gasteiger partial charge in [-0.3, -0.25) is 0 Å². The van der Waals surface area contributed by atoms with Gasteiger partial charge in [-0.25, -0.2) is 0 Å². The van der Waals surface area contributed by atoms with Gasteiger partial charge in [-0.1, -0.05) is 18.2 Å². The predicted octanol–water partition coefficient (Wildman–Crippen LogP) is 0.0130. The summed E-state index contributed by atoms with van der Waals surface area (Å²) in [6, 6.07) is 5.40. The van der Waals surface area contributed by atoms with Crippen LogP contribution in [0.3, 0.4) is 0 Å². The van der Waals surface area contributed by atoms with Crippen molar-refractivity contribution in [3.05, 3.63) is 23.8 Å². The number of alkyl halides is 1. The summed E-state index contributed by atoms with van der Waals surface area (Å²) in [4.78, 5) is 0. The number of hydrogen-bond donors (Lipinski definition) is 0. The fraction of sp³-hybridized carbons (Fsp3) is 0.143. The third-order valence-electron chi connectivity index (χ3n) is 1.31. The fourth-order valence-corrected chi connectivity index (χ4v) is 0.874. The Balaban J connectivity index is 3.04. The van der Waals surface area contributed by atoms with Crippen molar-refractivity contribution in [1.82, 2.24) is 0 Å². The van der Waals surface area contributed by atoms with E-state index in [9.17, 15) is 0 Å². The van der Waals surface area contributed by atoms with Gasteiger partial charge >= 0.3 is 0 Å². The van der Waals surface area contributed by atoms with Gasteiger partial charge in [-0.15, -0.1) is 22.5 Å². The zero-order valence-electron chi connectivity index (χ0n) is 5.47. The highest BCUT2D eigenvalue weighted by molar-refractivity contribution is 6.48. The van der Waals surface area contributed by atoms with Gasteiger partial charge in [0.2, 0.25) is 0 Å². The lowest BCUT2D eigenvalue weighted by Crippen LogP contribution is -2.25. The highest BCUT2D eigenvalue weighted by atomic mass is 35.5. The summed E-state index contributed by atoms with van der Waals surface area (Å²) in [5.41, 5.74) is 2.19. The molecule has 0 N–H and O–H groups in total. The molecule has 1 rings (SSSR count). The topological polar surface area (TPSA) is 0 Å². The van der Waals surface area contributed by atoms with Crippen molar-refractivity contribution in [3.8, 4) is 0 Å². The molecular weight excluding hydrogens is 141 g/mol. The molecule has 0 spiro atoms. The van der Waals surface area contributed by atoms with E-state index in [0.29, 0.717) is 16.8 Å². The molecule has 0 heterocycles. The van der Waals surface area contributed by atoms with Gasteiger partial charge in [0.25, 0.3) is 0 Å². The molecule has 0 aliphatic rings. The molecule has 4 radical (unpaired) electrons. The van der Waals surface area contributed by atoms with Gasteiger partial charge < -0.3 is 0 Å². The maximum atomic E-state index is 5.55. The minimum Gasteiger partial charge on any atom is -0.122 e. The van der Waals surface area contributed by atoms with Crippen LogP contribution >= 0.6 is 11.6 Å². The zero-order valence-corrected chi connectivity index (χ0v) is 6.23. The molecule has 0 aliphatic heterocycles. The molecular formula is C7H5B2Cl. The molecule has 0 nitrogen and oxygen atoms in total. The van der Waals surface area contributed by atoms with Crippen LogP contribution in [0.2, 0.25) is 0 Å². The summed E-state index contributed by atoms with van der Waals surface area (Å²) >= 11 is 5.55. The molecule has 0 aromatic heterocycles. The monoisotopic (exact) mass is 146 g/mol. The summed E-state index contributed by atoms with van der Waals surface area (Å²) in [5.74, 6) is 0.477. The molecule has 0 bridgehead atoms. The maximum Gasteiger partial charge on any atom is 0.112 e. The first kappa shape index (κ1) is 7.74. The maximum absolute atomic E-state index is 5.55. The van der Waals surface area contributed by atoms with Gasteiger partial charge in [0.1, 0.15) is 15.7 Å². The van der Waals surface area contributed by atoms with Crippen molar-refractivity contribution in [1.29, 1.82) is 0 Å². The van der Waals surface area contributed by atoms with Crippen LogP contribution < -0.4 is 10.9 Å². The van der Waals surface area contributed by atoms with Gasteiger partial charge in [0.05, 0.1) is 0 Å². The Labute approximate surface area is 68.4 Å². The van der Waals surface area contributed by atoms with E-state index >= 15 is 0 Å². The Morgan fingerprint density at radius 1 is 1.20 bits per heavy atom. The summed E-state index contributed by atoms with van der Waals surface area (Å²) in [6.45, 7) is 0. The smallest absolute Gasteiger partial charge is 0.112 e. The highest BCUT2D eigenvalue weighted by Crippen LogP contribution is 1.97. The third kappa shape index (κ3) is 1.57. The van der Waals surface area contributed by atoms with E-state index in [2.05, 4.69) is 0 Å². The van der Waals surface area contributed by atoms with Crippen LogP contribution in [0.25, 0.3) is 0 Å². The van der Waals surface area contributed by atoms with Crippen LogP contribution in [0.4, 0.5) is 0 Å². The summed E-state index contributed by atoms with van der Waals surface area (Å²) in [7, 11) is 11.0.